The molecule has 0 amide bonds. The van der Waals surface area contributed by atoms with Gasteiger partial charge in [-0.3, -0.25) is 4.79 Å². The van der Waals surface area contributed by atoms with Crippen molar-refractivity contribution in [1.82, 2.24) is 9.66 Å². The molecule has 0 unspecified atom stereocenters. The van der Waals surface area contributed by atoms with Gasteiger partial charge in [-0.2, -0.15) is 4.68 Å². The van der Waals surface area contributed by atoms with Gasteiger partial charge in [0.25, 0.3) is 5.56 Å². The second kappa shape index (κ2) is 6.04. The highest BCUT2D eigenvalue weighted by Gasteiger charge is 2.19. The molecule has 2 rings (SSSR count). The molecular formula is C13H13N3O5. The molecule has 0 aliphatic heterocycles. The summed E-state index contributed by atoms with van der Waals surface area (Å²) in [6.07, 6.45) is 0. The zero-order valence-corrected chi connectivity index (χ0v) is 11.5. The Hall–Kier alpha value is -2.90. The molecule has 0 saturated carbocycles. The van der Waals surface area contributed by atoms with Crippen LogP contribution in [-0.2, 0) is 14.4 Å². The third-order valence-electron chi connectivity index (χ3n) is 2.51. The summed E-state index contributed by atoms with van der Waals surface area (Å²) >= 11 is 0. The average molecular weight is 291 g/mol. The van der Waals surface area contributed by atoms with Gasteiger partial charge < -0.3 is 9.57 Å². The highest BCUT2D eigenvalue weighted by Crippen LogP contribution is 2.08. The van der Waals surface area contributed by atoms with Gasteiger partial charge in [0, 0.05) is 6.92 Å². The molecule has 1 aromatic carbocycles. The molecule has 0 bridgehead atoms. The van der Waals surface area contributed by atoms with Crippen LogP contribution in [0.3, 0.4) is 0 Å². The molecule has 0 aliphatic carbocycles. The van der Waals surface area contributed by atoms with E-state index in [0.717, 1.165) is 11.6 Å². The Morgan fingerprint density at radius 2 is 2.05 bits per heavy atom. The van der Waals surface area contributed by atoms with E-state index < -0.39 is 17.5 Å². The van der Waals surface area contributed by atoms with E-state index in [1.54, 1.807) is 31.2 Å². The first-order valence-electron chi connectivity index (χ1n) is 6.17. The zero-order chi connectivity index (χ0) is 15.4. The lowest BCUT2D eigenvalue weighted by atomic mass is 10.2. The molecule has 2 aromatic rings. The van der Waals surface area contributed by atoms with Gasteiger partial charge in [0.15, 0.2) is 0 Å². The van der Waals surface area contributed by atoms with E-state index in [2.05, 4.69) is 15.4 Å². The normalized spacial score (nSPS) is 10.2. The molecular weight excluding hydrogens is 278 g/mol. The fourth-order valence-electron chi connectivity index (χ4n) is 1.66. The van der Waals surface area contributed by atoms with Crippen molar-refractivity contribution in [3.8, 4) is 0 Å². The highest BCUT2D eigenvalue weighted by atomic mass is 16.7. The molecule has 0 radical (unpaired) electrons. The number of rotatable bonds is 4. The van der Waals surface area contributed by atoms with Crippen LogP contribution in [0.4, 0.5) is 0 Å². The predicted molar refractivity (Wildman–Crippen MR) is 73.1 cm³/mol. The van der Waals surface area contributed by atoms with E-state index >= 15 is 0 Å². The lowest BCUT2D eigenvalue weighted by Gasteiger charge is -2.12. The van der Waals surface area contributed by atoms with Crippen molar-refractivity contribution >= 4 is 22.8 Å². The molecule has 8 heteroatoms. The largest absolute Gasteiger partial charge is 0.460 e. The van der Waals surface area contributed by atoms with Gasteiger partial charge in [0.1, 0.15) is 0 Å². The molecule has 0 saturated heterocycles. The van der Waals surface area contributed by atoms with E-state index in [1.165, 1.54) is 0 Å². The number of carbonyl (C=O) groups is 2. The SMILES string of the molecule is CCOC(=O)c1nc2ccccc2c(=O)n1NOC(C)=O. The summed E-state index contributed by atoms with van der Waals surface area (Å²) in [7, 11) is 0. The van der Waals surface area contributed by atoms with Crippen molar-refractivity contribution in [2.75, 3.05) is 12.2 Å². The Bertz CT molecular complexity index is 753. The molecule has 0 atom stereocenters. The van der Waals surface area contributed by atoms with Crippen LogP contribution in [0.5, 0.6) is 0 Å². The second-order valence-electron chi connectivity index (χ2n) is 4.00. The third kappa shape index (κ3) is 2.99. The molecule has 21 heavy (non-hydrogen) atoms. The Morgan fingerprint density at radius 3 is 2.71 bits per heavy atom. The lowest BCUT2D eigenvalue weighted by molar-refractivity contribution is -0.139. The van der Waals surface area contributed by atoms with Crippen molar-refractivity contribution in [1.29, 1.82) is 0 Å². The number of aromatic nitrogens is 2. The minimum absolute atomic E-state index is 0.120. The summed E-state index contributed by atoms with van der Waals surface area (Å²) in [5, 5.41) is 0.269. The average Bonchev–Trinajstić information content (AvgIpc) is 2.46. The van der Waals surface area contributed by atoms with Gasteiger partial charge in [-0.05, 0) is 19.1 Å². The monoisotopic (exact) mass is 291 g/mol. The van der Waals surface area contributed by atoms with Crippen LogP contribution in [0.1, 0.15) is 24.5 Å². The lowest BCUT2D eigenvalue weighted by Crippen LogP contribution is -2.36. The summed E-state index contributed by atoms with van der Waals surface area (Å²) in [5.74, 6) is -1.79. The second-order valence-corrected chi connectivity index (χ2v) is 4.00. The molecule has 1 aromatic heterocycles. The summed E-state index contributed by atoms with van der Waals surface area (Å²) in [5.41, 5.74) is 1.86. The van der Waals surface area contributed by atoms with E-state index in [4.69, 9.17) is 4.74 Å². The van der Waals surface area contributed by atoms with E-state index in [9.17, 15) is 14.4 Å². The quantitative estimate of drug-likeness (QED) is 0.650. The highest BCUT2D eigenvalue weighted by molar-refractivity contribution is 5.89. The van der Waals surface area contributed by atoms with Crippen LogP contribution in [0.25, 0.3) is 10.9 Å². The van der Waals surface area contributed by atoms with E-state index in [1.807, 2.05) is 0 Å². The standard InChI is InChI=1S/C13H13N3O5/c1-3-20-13(19)11-14-10-7-5-4-6-9(10)12(18)16(11)15-21-8(2)17/h4-7,15H,3H2,1-2H3. The van der Waals surface area contributed by atoms with Gasteiger partial charge in [-0.25, -0.2) is 14.6 Å². The first kappa shape index (κ1) is 14.5. The summed E-state index contributed by atoms with van der Waals surface area (Å²) in [6, 6.07) is 6.49. The summed E-state index contributed by atoms with van der Waals surface area (Å²) in [6.45, 7) is 2.90. The molecule has 0 spiro atoms. The minimum atomic E-state index is -0.806. The maximum atomic E-state index is 12.3. The Morgan fingerprint density at radius 1 is 1.33 bits per heavy atom. The number of para-hydroxylation sites is 1. The number of nitrogens with zero attached hydrogens (tertiary/aromatic N) is 2. The molecule has 1 heterocycles. The molecule has 1 N–H and O–H groups in total. The van der Waals surface area contributed by atoms with Crippen LogP contribution < -0.4 is 11.1 Å². The third-order valence-corrected chi connectivity index (χ3v) is 2.51. The van der Waals surface area contributed by atoms with Crippen LogP contribution in [0.15, 0.2) is 29.1 Å². The molecule has 0 fully saturated rings. The van der Waals surface area contributed by atoms with Gasteiger partial charge in [0.2, 0.25) is 5.82 Å². The number of benzene rings is 1. The van der Waals surface area contributed by atoms with Crippen molar-refractivity contribution in [3.63, 3.8) is 0 Å². The van der Waals surface area contributed by atoms with E-state index in [-0.39, 0.29) is 17.8 Å². The first-order chi connectivity index (χ1) is 10.0. The van der Waals surface area contributed by atoms with Crippen LogP contribution in [0.2, 0.25) is 0 Å². The number of carbonyl (C=O) groups excluding carboxylic acids is 2. The smallest absolute Gasteiger partial charge is 0.376 e. The maximum Gasteiger partial charge on any atom is 0.376 e. The summed E-state index contributed by atoms with van der Waals surface area (Å²) < 4.78 is 5.58. The van der Waals surface area contributed by atoms with Gasteiger partial charge in [0.05, 0.1) is 17.5 Å². The molecule has 8 nitrogen and oxygen atoms in total. The fourth-order valence-corrected chi connectivity index (χ4v) is 1.66. The van der Waals surface area contributed by atoms with Crippen molar-refractivity contribution < 1.29 is 19.2 Å². The van der Waals surface area contributed by atoms with E-state index in [0.29, 0.717) is 5.52 Å². The van der Waals surface area contributed by atoms with Crippen LogP contribution in [0, 0.1) is 0 Å². The zero-order valence-electron chi connectivity index (χ0n) is 11.5. The van der Waals surface area contributed by atoms with Gasteiger partial charge in [-0.15, -0.1) is 5.59 Å². The molecule has 110 valence electrons. The predicted octanol–water partition coefficient (Wildman–Crippen LogP) is 0.595. The maximum absolute atomic E-state index is 12.3. The van der Waals surface area contributed by atoms with Crippen molar-refractivity contribution in [3.05, 3.63) is 40.4 Å². The Labute approximate surface area is 119 Å². The number of nitrogens with one attached hydrogen (secondary N) is 1. The van der Waals surface area contributed by atoms with Crippen molar-refractivity contribution in [2.24, 2.45) is 0 Å². The number of hydrogen-bond donors (Lipinski definition) is 1. The minimum Gasteiger partial charge on any atom is -0.460 e. The Balaban J connectivity index is 2.62. The number of hydrogen-bond acceptors (Lipinski definition) is 7. The number of ether oxygens (including phenoxy) is 1. The topological polar surface area (TPSA) is 99.5 Å². The number of fused-ring (bicyclic) bond motifs is 1. The molecule has 0 aliphatic rings. The Kier molecular flexibility index (Phi) is 4.17. The summed E-state index contributed by atoms with van der Waals surface area (Å²) in [4.78, 5) is 43.7. The number of esters is 1. The van der Waals surface area contributed by atoms with Crippen molar-refractivity contribution in [2.45, 2.75) is 13.8 Å². The van der Waals surface area contributed by atoms with Gasteiger partial charge in [-0.1, -0.05) is 12.1 Å². The van der Waals surface area contributed by atoms with Crippen LogP contribution in [-0.4, -0.2) is 28.2 Å². The first-order valence-corrected chi connectivity index (χ1v) is 6.17. The van der Waals surface area contributed by atoms with Gasteiger partial charge >= 0.3 is 11.9 Å². The van der Waals surface area contributed by atoms with Crippen LogP contribution >= 0.6 is 0 Å². The fraction of sp³-hybridized carbons (Fsp3) is 0.231.